The largest absolute Gasteiger partial charge is 0.467 e. The van der Waals surface area contributed by atoms with Gasteiger partial charge in [0.05, 0.1) is 7.11 Å². The molecule has 13 heavy (non-hydrogen) atoms. The van der Waals surface area contributed by atoms with Crippen LogP contribution in [0.4, 0.5) is 0 Å². The van der Waals surface area contributed by atoms with E-state index in [1.165, 1.54) is 14.0 Å². The fraction of sp³-hybridized carbons (Fsp3) is 0.778. The van der Waals surface area contributed by atoms with Gasteiger partial charge in [-0.1, -0.05) is 19.8 Å². The second-order valence-corrected chi connectivity index (χ2v) is 2.92. The Balaban J connectivity index is 4.02. The van der Waals surface area contributed by atoms with E-state index in [0.29, 0.717) is 6.42 Å². The topological polar surface area (TPSA) is 55.4 Å². The minimum atomic E-state index is -0.484. The summed E-state index contributed by atoms with van der Waals surface area (Å²) in [7, 11) is 1.32. The first-order chi connectivity index (χ1) is 6.11. The fourth-order valence-corrected chi connectivity index (χ4v) is 1.04. The predicted molar refractivity (Wildman–Crippen MR) is 49.1 cm³/mol. The van der Waals surface area contributed by atoms with Crippen molar-refractivity contribution in [2.45, 2.75) is 39.2 Å². The second kappa shape index (κ2) is 6.46. The van der Waals surface area contributed by atoms with Gasteiger partial charge in [-0.3, -0.25) is 4.79 Å². The number of nitrogens with one attached hydrogen (secondary N) is 1. The molecular formula is C9H17NO3. The lowest BCUT2D eigenvalue weighted by Crippen LogP contribution is -2.40. The van der Waals surface area contributed by atoms with Crippen molar-refractivity contribution >= 4 is 11.9 Å². The number of hydrogen-bond donors (Lipinski definition) is 1. The number of methoxy groups -OCH3 is 1. The van der Waals surface area contributed by atoms with Crippen molar-refractivity contribution in [2.75, 3.05) is 7.11 Å². The Morgan fingerprint density at radius 3 is 2.46 bits per heavy atom. The van der Waals surface area contributed by atoms with E-state index in [2.05, 4.69) is 10.1 Å². The van der Waals surface area contributed by atoms with Gasteiger partial charge in [-0.05, 0) is 6.42 Å². The van der Waals surface area contributed by atoms with E-state index in [9.17, 15) is 9.59 Å². The summed E-state index contributed by atoms with van der Waals surface area (Å²) in [5, 5.41) is 2.55. The van der Waals surface area contributed by atoms with Crippen molar-refractivity contribution in [3.05, 3.63) is 0 Å². The van der Waals surface area contributed by atoms with Crippen LogP contribution in [0.2, 0.25) is 0 Å². The summed E-state index contributed by atoms with van der Waals surface area (Å²) in [4.78, 5) is 21.8. The number of carbonyl (C=O) groups excluding carboxylic acids is 2. The van der Waals surface area contributed by atoms with Crippen molar-refractivity contribution in [3.63, 3.8) is 0 Å². The number of carbonyl (C=O) groups is 2. The van der Waals surface area contributed by atoms with Gasteiger partial charge in [-0.25, -0.2) is 4.79 Å². The molecule has 0 unspecified atom stereocenters. The third-order valence-electron chi connectivity index (χ3n) is 1.71. The second-order valence-electron chi connectivity index (χ2n) is 2.92. The molecule has 0 aromatic carbocycles. The molecule has 4 heteroatoms. The lowest BCUT2D eigenvalue weighted by atomic mass is 10.1. The maximum atomic E-state index is 11.1. The number of ether oxygens (including phenoxy) is 1. The highest BCUT2D eigenvalue weighted by molar-refractivity contribution is 5.83. The van der Waals surface area contributed by atoms with Crippen LogP contribution >= 0.6 is 0 Å². The van der Waals surface area contributed by atoms with E-state index >= 15 is 0 Å². The van der Waals surface area contributed by atoms with Crippen LogP contribution in [0, 0.1) is 0 Å². The van der Waals surface area contributed by atoms with E-state index in [1.807, 2.05) is 6.92 Å². The van der Waals surface area contributed by atoms with Gasteiger partial charge < -0.3 is 10.1 Å². The van der Waals surface area contributed by atoms with E-state index in [1.54, 1.807) is 0 Å². The Morgan fingerprint density at radius 2 is 2.08 bits per heavy atom. The van der Waals surface area contributed by atoms with Crippen molar-refractivity contribution in [1.29, 1.82) is 0 Å². The zero-order chi connectivity index (χ0) is 10.3. The highest BCUT2D eigenvalue weighted by atomic mass is 16.5. The van der Waals surface area contributed by atoms with Crippen LogP contribution in [0.25, 0.3) is 0 Å². The standard InChI is InChI=1S/C9H17NO3/c1-4-5-6-8(9(12)13-3)10-7(2)11/h8H,4-6H2,1-3H3,(H,10,11)/t8-/m1/s1. The number of hydrogen-bond acceptors (Lipinski definition) is 3. The average molecular weight is 187 g/mol. The summed E-state index contributed by atoms with van der Waals surface area (Å²) in [5.74, 6) is -0.574. The monoisotopic (exact) mass is 187 g/mol. The number of amides is 1. The molecule has 1 atom stereocenters. The molecule has 0 radical (unpaired) electrons. The lowest BCUT2D eigenvalue weighted by molar-refractivity contribution is -0.145. The first-order valence-corrected chi connectivity index (χ1v) is 4.46. The molecule has 0 bridgehead atoms. The van der Waals surface area contributed by atoms with Gasteiger partial charge >= 0.3 is 5.97 Å². The molecular weight excluding hydrogens is 170 g/mol. The normalized spacial score (nSPS) is 11.9. The van der Waals surface area contributed by atoms with Gasteiger partial charge in [0.15, 0.2) is 0 Å². The fourth-order valence-electron chi connectivity index (χ4n) is 1.04. The molecule has 0 heterocycles. The van der Waals surface area contributed by atoms with Gasteiger partial charge in [-0.2, -0.15) is 0 Å². The summed E-state index contributed by atoms with van der Waals surface area (Å²) in [6.07, 6.45) is 2.54. The third-order valence-corrected chi connectivity index (χ3v) is 1.71. The summed E-state index contributed by atoms with van der Waals surface area (Å²) in [6.45, 7) is 3.42. The highest BCUT2D eigenvalue weighted by Crippen LogP contribution is 2.02. The van der Waals surface area contributed by atoms with Crippen LogP contribution in [0.3, 0.4) is 0 Å². The van der Waals surface area contributed by atoms with Gasteiger partial charge in [0, 0.05) is 6.92 Å². The summed E-state index contributed by atoms with van der Waals surface area (Å²) in [6, 6.07) is -0.484. The predicted octanol–water partition coefficient (Wildman–Crippen LogP) is 0.854. The Hall–Kier alpha value is -1.06. The summed E-state index contributed by atoms with van der Waals surface area (Å²) >= 11 is 0. The number of esters is 1. The molecule has 0 aliphatic heterocycles. The van der Waals surface area contributed by atoms with Gasteiger partial charge in [0.2, 0.25) is 5.91 Å². The number of unbranched alkanes of at least 4 members (excludes halogenated alkanes) is 1. The van der Waals surface area contributed by atoms with Crippen LogP contribution in [0.15, 0.2) is 0 Å². The molecule has 0 aliphatic carbocycles. The molecule has 0 rings (SSSR count). The molecule has 0 saturated carbocycles. The van der Waals surface area contributed by atoms with Crippen LogP contribution in [0.1, 0.15) is 33.1 Å². The summed E-state index contributed by atoms with van der Waals surface area (Å²) in [5.41, 5.74) is 0. The van der Waals surface area contributed by atoms with Gasteiger partial charge in [0.25, 0.3) is 0 Å². The first kappa shape index (κ1) is 11.9. The van der Waals surface area contributed by atoms with Crippen molar-refractivity contribution in [3.8, 4) is 0 Å². The Morgan fingerprint density at radius 1 is 1.46 bits per heavy atom. The lowest BCUT2D eigenvalue weighted by Gasteiger charge is -2.14. The molecule has 0 aromatic rings. The third kappa shape index (κ3) is 5.22. The zero-order valence-corrected chi connectivity index (χ0v) is 8.42. The van der Waals surface area contributed by atoms with E-state index in [-0.39, 0.29) is 11.9 Å². The molecule has 0 aliphatic rings. The molecule has 1 amide bonds. The van der Waals surface area contributed by atoms with E-state index in [4.69, 9.17) is 0 Å². The molecule has 4 nitrogen and oxygen atoms in total. The zero-order valence-electron chi connectivity index (χ0n) is 8.42. The Kier molecular flexibility index (Phi) is 5.93. The SMILES string of the molecule is CCCC[C@@H](NC(C)=O)C(=O)OC. The van der Waals surface area contributed by atoms with Crippen LogP contribution < -0.4 is 5.32 Å². The van der Waals surface area contributed by atoms with Gasteiger partial charge in [0.1, 0.15) is 6.04 Å². The van der Waals surface area contributed by atoms with Crippen molar-refractivity contribution in [1.82, 2.24) is 5.32 Å². The van der Waals surface area contributed by atoms with Crippen molar-refractivity contribution in [2.24, 2.45) is 0 Å². The van der Waals surface area contributed by atoms with Crippen LogP contribution in [-0.4, -0.2) is 25.0 Å². The average Bonchev–Trinajstić information content (AvgIpc) is 2.10. The van der Waals surface area contributed by atoms with Crippen LogP contribution in [-0.2, 0) is 14.3 Å². The van der Waals surface area contributed by atoms with Gasteiger partial charge in [-0.15, -0.1) is 0 Å². The Bertz CT molecular complexity index is 180. The van der Waals surface area contributed by atoms with Crippen LogP contribution in [0.5, 0.6) is 0 Å². The maximum absolute atomic E-state index is 11.1. The molecule has 0 spiro atoms. The molecule has 1 N–H and O–H groups in total. The molecule has 0 aromatic heterocycles. The quantitative estimate of drug-likeness (QED) is 0.649. The van der Waals surface area contributed by atoms with E-state index in [0.717, 1.165) is 12.8 Å². The highest BCUT2D eigenvalue weighted by Gasteiger charge is 2.18. The maximum Gasteiger partial charge on any atom is 0.328 e. The van der Waals surface area contributed by atoms with E-state index < -0.39 is 6.04 Å². The summed E-state index contributed by atoms with van der Waals surface area (Å²) < 4.78 is 4.56. The molecule has 76 valence electrons. The smallest absolute Gasteiger partial charge is 0.328 e. The molecule has 0 fully saturated rings. The Labute approximate surface area is 78.6 Å². The molecule has 0 saturated heterocycles. The minimum Gasteiger partial charge on any atom is -0.467 e. The number of rotatable bonds is 5. The van der Waals surface area contributed by atoms with Crippen molar-refractivity contribution < 1.29 is 14.3 Å². The minimum absolute atomic E-state index is 0.202. The first-order valence-electron chi connectivity index (χ1n) is 4.46.